The Morgan fingerprint density at radius 1 is 0.786 bits per heavy atom. The Labute approximate surface area is 159 Å². The van der Waals surface area contributed by atoms with Crippen LogP contribution in [0, 0.1) is 40.9 Å². The summed E-state index contributed by atoms with van der Waals surface area (Å²) in [6.45, 7) is 1.78. The lowest BCUT2D eigenvalue weighted by Crippen LogP contribution is -2.02. The number of hydrogen-bond acceptors (Lipinski definition) is 0. The molecule has 0 fully saturated rings. The summed E-state index contributed by atoms with van der Waals surface area (Å²) in [4.78, 5) is 0. The third-order valence-corrected chi connectivity index (χ3v) is 4.27. The van der Waals surface area contributed by atoms with Gasteiger partial charge in [0.1, 0.15) is 5.82 Å². The van der Waals surface area contributed by atoms with Gasteiger partial charge in [-0.05, 0) is 60.9 Å². The van der Waals surface area contributed by atoms with Crippen LogP contribution in [0.1, 0.15) is 30.0 Å². The summed E-state index contributed by atoms with van der Waals surface area (Å²) in [6, 6.07) is 7.49. The first-order valence-electron chi connectivity index (χ1n) is 8.59. The molecule has 0 saturated heterocycles. The first kappa shape index (κ1) is 19.6. The van der Waals surface area contributed by atoms with Crippen LogP contribution in [0.25, 0.3) is 10.8 Å². The van der Waals surface area contributed by atoms with E-state index in [2.05, 4.69) is 11.8 Å². The molecule has 0 nitrogen and oxygen atoms in total. The molecule has 3 rings (SSSR count). The SMILES string of the molecule is C/C=C/CCc1c(F)cc(C#Cc2ccc3cc(F)c(F)cc3c2)c(F)c1F. The standard InChI is InChI=1S/C23H15F5/c1-2-3-4-5-18-19(24)12-16(22(27)23(18)28)9-7-14-6-8-15-11-20(25)21(26)13-17(15)10-14/h2-3,6,8,10-13H,4-5H2,1H3/b3-2+. The van der Waals surface area contributed by atoms with Gasteiger partial charge in [-0.25, -0.2) is 22.0 Å². The van der Waals surface area contributed by atoms with Crippen molar-refractivity contribution in [3.8, 4) is 11.8 Å². The molecule has 0 N–H and O–H groups in total. The maximum Gasteiger partial charge on any atom is 0.174 e. The van der Waals surface area contributed by atoms with Crippen molar-refractivity contribution in [2.75, 3.05) is 0 Å². The van der Waals surface area contributed by atoms with E-state index in [-0.39, 0.29) is 12.0 Å². The normalized spacial score (nSPS) is 11.1. The molecule has 0 spiro atoms. The summed E-state index contributed by atoms with van der Waals surface area (Å²) in [5.41, 5.74) is -0.351. The number of allylic oxidation sites excluding steroid dienone is 2. The minimum absolute atomic E-state index is 0.0411. The number of halogens is 5. The number of rotatable bonds is 3. The maximum atomic E-state index is 14.3. The second-order valence-electron chi connectivity index (χ2n) is 6.20. The molecule has 0 heterocycles. The molecule has 3 aromatic carbocycles. The highest BCUT2D eigenvalue weighted by Gasteiger charge is 2.17. The highest BCUT2D eigenvalue weighted by molar-refractivity contribution is 5.84. The number of hydrogen-bond donors (Lipinski definition) is 0. The Morgan fingerprint density at radius 2 is 1.50 bits per heavy atom. The van der Waals surface area contributed by atoms with Gasteiger partial charge >= 0.3 is 0 Å². The number of fused-ring (bicyclic) bond motifs is 1. The topological polar surface area (TPSA) is 0 Å². The summed E-state index contributed by atoms with van der Waals surface area (Å²) in [7, 11) is 0. The molecular formula is C23H15F5. The van der Waals surface area contributed by atoms with E-state index in [1.54, 1.807) is 19.1 Å². The van der Waals surface area contributed by atoms with E-state index in [0.29, 0.717) is 22.8 Å². The highest BCUT2D eigenvalue weighted by Crippen LogP contribution is 2.22. The van der Waals surface area contributed by atoms with Gasteiger partial charge in [-0.3, -0.25) is 0 Å². The fourth-order valence-corrected chi connectivity index (χ4v) is 2.81. The lowest BCUT2D eigenvalue weighted by Gasteiger charge is -2.06. The van der Waals surface area contributed by atoms with Gasteiger partial charge in [-0.1, -0.05) is 30.1 Å². The van der Waals surface area contributed by atoms with Crippen LogP contribution in [0.5, 0.6) is 0 Å². The lowest BCUT2D eigenvalue weighted by molar-refractivity contribution is 0.477. The van der Waals surface area contributed by atoms with Crippen molar-refractivity contribution in [2.45, 2.75) is 19.8 Å². The van der Waals surface area contributed by atoms with Crippen molar-refractivity contribution in [3.63, 3.8) is 0 Å². The van der Waals surface area contributed by atoms with Crippen LogP contribution in [-0.2, 0) is 6.42 Å². The van der Waals surface area contributed by atoms with E-state index < -0.39 is 34.6 Å². The van der Waals surface area contributed by atoms with Crippen LogP contribution in [-0.4, -0.2) is 0 Å². The van der Waals surface area contributed by atoms with Gasteiger partial charge in [0.05, 0.1) is 5.56 Å². The molecule has 0 radical (unpaired) electrons. The third-order valence-electron chi connectivity index (χ3n) is 4.27. The van der Waals surface area contributed by atoms with Gasteiger partial charge in [0.25, 0.3) is 0 Å². The molecule has 0 aliphatic heterocycles. The Morgan fingerprint density at radius 3 is 2.21 bits per heavy atom. The molecule has 0 bridgehead atoms. The van der Waals surface area contributed by atoms with E-state index in [1.165, 1.54) is 18.2 Å². The van der Waals surface area contributed by atoms with Gasteiger partial charge in [0, 0.05) is 11.1 Å². The van der Waals surface area contributed by atoms with Crippen LogP contribution in [0.2, 0.25) is 0 Å². The van der Waals surface area contributed by atoms with Gasteiger partial charge in [-0.15, -0.1) is 0 Å². The zero-order valence-corrected chi connectivity index (χ0v) is 14.9. The Balaban J connectivity index is 1.95. The quantitative estimate of drug-likeness (QED) is 0.210. The average Bonchev–Trinajstić information content (AvgIpc) is 2.67. The maximum absolute atomic E-state index is 14.3. The van der Waals surface area contributed by atoms with Crippen LogP contribution >= 0.6 is 0 Å². The first-order chi connectivity index (χ1) is 13.4. The van der Waals surface area contributed by atoms with Gasteiger partial charge in [0.2, 0.25) is 0 Å². The fraction of sp³-hybridized carbons (Fsp3) is 0.130. The molecule has 0 saturated carbocycles. The smallest absolute Gasteiger partial charge is 0.174 e. The molecule has 28 heavy (non-hydrogen) atoms. The van der Waals surface area contributed by atoms with E-state index >= 15 is 0 Å². The Bertz CT molecular complexity index is 1130. The molecule has 3 aromatic rings. The van der Waals surface area contributed by atoms with E-state index in [0.717, 1.165) is 18.2 Å². The van der Waals surface area contributed by atoms with Gasteiger partial charge in [0.15, 0.2) is 23.3 Å². The predicted octanol–water partition coefficient (Wildman–Crippen LogP) is 6.44. The Hall–Kier alpha value is -3.13. The van der Waals surface area contributed by atoms with E-state index in [1.807, 2.05) is 0 Å². The van der Waals surface area contributed by atoms with Crippen LogP contribution in [0.15, 0.2) is 48.6 Å². The molecule has 0 aromatic heterocycles. The summed E-state index contributed by atoms with van der Waals surface area (Å²) in [6.07, 6.45) is 3.91. The number of benzene rings is 3. The monoisotopic (exact) mass is 386 g/mol. The van der Waals surface area contributed by atoms with Crippen molar-refractivity contribution in [1.29, 1.82) is 0 Å². The molecule has 0 unspecified atom stereocenters. The molecule has 5 heteroatoms. The average molecular weight is 386 g/mol. The van der Waals surface area contributed by atoms with Crippen molar-refractivity contribution >= 4 is 10.8 Å². The largest absolute Gasteiger partial charge is 0.207 e. The summed E-state index contributed by atoms with van der Waals surface area (Å²) in [5, 5.41) is 0.876. The van der Waals surface area contributed by atoms with E-state index in [4.69, 9.17) is 0 Å². The molecular weight excluding hydrogens is 371 g/mol. The van der Waals surface area contributed by atoms with Crippen LogP contribution in [0.4, 0.5) is 22.0 Å². The zero-order valence-electron chi connectivity index (χ0n) is 14.9. The van der Waals surface area contributed by atoms with Gasteiger partial charge < -0.3 is 0 Å². The Kier molecular flexibility index (Phi) is 5.79. The van der Waals surface area contributed by atoms with Crippen molar-refractivity contribution < 1.29 is 22.0 Å². The predicted molar refractivity (Wildman–Crippen MR) is 99.3 cm³/mol. The van der Waals surface area contributed by atoms with E-state index in [9.17, 15) is 22.0 Å². The minimum Gasteiger partial charge on any atom is -0.207 e. The van der Waals surface area contributed by atoms with Crippen LogP contribution in [0.3, 0.4) is 0 Å². The molecule has 0 amide bonds. The second-order valence-corrected chi connectivity index (χ2v) is 6.20. The van der Waals surface area contributed by atoms with Gasteiger partial charge in [-0.2, -0.15) is 0 Å². The highest BCUT2D eigenvalue weighted by atomic mass is 19.2. The molecule has 0 atom stereocenters. The lowest BCUT2D eigenvalue weighted by atomic mass is 10.0. The zero-order chi connectivity index (χ0) is 20.3. The van der Waals surface area contributed by atoms with Crippen molar-refractivity contribution in [2.24, 2.45) is 0 Å². The molecule has 142 valence electrons. The first-order valence-corrected chi connectivity index (χ1v) is 8.59. The van der Waals surface area contributed by atoms with Crippen molar-refractivity contribution in [3.05, 3.63) is 94.3 Å². The van der Waals surface area contributed by atoms with Crippen molar-refractivity contribution in [1.82, 2.24) is 0 Å². The molecule has 0 aliphatic rings. The second kappa shape index (κ2) is 8.26. The van der Waals surface area contributed by atoms with Crippen LogP contribution < -0.4 is 0 Å². The fourth-order valence-electron chi connectivity index (χ4n) is 2.81. The summed E-state index contributed by atoms with van der Waals surface area (Å²) < 4.78 is 69.2. The summed E-state index contributed by atoms with van der Waals surface area (Å²) >= 11 is 0. The summed E-state index contributed by atoms with van der Waals surface area (Å²) in [5.74, 6) is -0.263. The minimum atomic E-state index is -1.25. The third kappa shape index (κ3) is 4.07. The molecule has 0 aliphatic carbocycles.